The van der Waals surface area contributed by atoms with Crippen LogP contribution in [-0.4, -0.2) is 36.8 Å². The highest BCUT2D eigenvalue weighted by Gasteiger charge is 2.27. The van der Waals surface area contributed by atoms with Crippen LogP contribution in [0.2, 0.25) is 0 Å². The van der Waals surface area contributed by atoms with Crippen molar-refractivity contribution >= 4 is 0 Å². The Kier molecular flexibility index (Phi) is 4.25. The fourth-order valence-electron chi connectivity index (χ4n) is 3.92. The molecule has 0 radical (unpaired) electrons. The standard InChI is InChI=1S/C18H23N5O2/c1-21-16(19-8-7-17(21)24)12-22-9-3-5-14(22)11-23-18(25)10-13-4-2-6-15(13)20-23/h7-8,10,14H,2-6,9,11-12H2,1H3. The molecule has 1 fully saturated rings. The summed E-state index contributed by atoms with van der Waals surface area (Å²) < 4.78 is 3.22. The van der Waals surface area contributed by atoms with Crippen LogP contribution in [0.3, 0.4) is 0 Å². The highest BCUT2D eigenvalue weighted by Crippen LogP contribution is 2.21. The van der Waals surface area contributed by atoms with Crippen molar-refractivity contribution in [2.24, 2.45) is 7.05 Å². The summed E-state index contributed by atoms with van der Waals surface area (Å²) in [5, 5.41) is 4.60. The molecule has 2 aromatic heterocycles. The topological polar surface area (TPSA) is 73.0 Å². The molecular formula is C18H23N5O2. The van der Waals surface area contributed by atoms with Gasteiger partial charge in [-0.05, 0) is 44.2 Å². The van der Waals surface area contributed by atoms with Gasteiger partial charge in [-0.25, -0.2) is 9.67 Å². The molecule has 4 rings (SSSR count). The van der Waals surface area contributed by atoms with E-state index in [1.807, 2.05) is 0 Å². The maximum absolute atomic E-state index is 12.4. The maximum atomic E-state index is 12.4. The van der Waals surface area contributed by atoms with Crippen molar-refractivity contribution in [3.63, 3.8) is 0 Å². The zero-order valence-electron chi connectivity index (χ0n) is 14.5. The Bertz CT molecular complexity index is 901. The second-order valence-electron chi connectivity index (χ2n) is 7.02. The van der Waals surface area contributed by atoms with Crippen molar-refractivity contribution in [1.82, 2.24) is 24.2 Å². The van der Waals surface area contributed by atoms with E-state index in [1.54, 1.807) is 28.6 Å². The first-order chi connectivity index (χ1) is 12.1. The lowest BCUT2D eigenvalue weighted by atomic mass is 10.2. The number of rotatable bonds is 4. The summed E-state index contributed by atoms with van der Waals surface area (Å²) in [5.41, 5.74) is 2.15. The zero-order valence-corrected chi connectivity index (χ0v) is 14.5. The van der Waals surface area contributed by atoms with Crippen molar-refractivity contribution in [3.8, 4) is 0 Å². The van der Waals surface area contributed by atoms with Crippen LogP contribution in [0.4, 0.5) is 0 Å². The van der Waals surface area contributed by atoms with Crippen LogP contribution in [-0.2, 0) is 33.0 Å². The molecule has 0 saturated carbocycles. The molecule has 0 N–H and O–H groups in total. The van der Waals surface area contributed by atoms with Crippen molar-refractivity contribution < 1.29 is 0 Å². The van der Waals surface area contributed by atoms with E-state index in [1.165, 1.54) is 6.07 Å². The molecule has 1 unspecified atom stereocenters. The minimum absolute atomic E-state index is 0.00210. The number of fused-ring (bicyclic) bond motifs is 1. The van der Waals surface area contributed by atoms with E-state index in [0.717, 1.165) is 55.7 Å². The fourth-order valence-corrected chi connectivity index (χ4v) is 3.92. The second kappa shape index (κ2) is 6.55. The van der Waals surface area contributed by atoms with Gasteiger partial charge in [-0.15, -0.1) is 0 Å². The Morgan fingerprint density at radius 3 is 2.96 bits per heavy atom. The molecule has 1 atom stereocenters. The molecule has 0 amide bonds. The van der Waals surface area contributed by atoms with Gasteiger partial charge in [0.05, 0.1) is 18.8 Å². The molecule has 1 aliphatic carbocycles. The van der Waals surface area contributed by atoms with E-state index < -0.39 is 0 Å². The lowest BCUT2D eigenvalue weighted by Crippen LogP contribution is -2.38. The number of hydrogen-bond donors (Lipinski definition) is 0. The highest BCUT2D eigenvalue weighted by atomic mass is 16.1. The molecule has 132 valence electrons. The van der Waals surface area contributed by atoms with Crippen LogP contribution in [0.15, 0.2) is 27.9 Å². The van der Waals surface area contributed by atoms with Crippen molar-refractivity contribution in [3.05, 3.63) is 56.1 Å². The van der Waals surface area contributed by atoms with Gasteiger partial charge in [-0.3, -0.25) is 19.1 Å². The van der Waals surface area contributed by atoms with Crippen LogP contribution in [0, 0.1) is 0 Å². The number of aryl methyl sites for hydroxylation is 2. The van der Waals surface area contributed by atoms with E-state index in [0.29, 0.717) is 13.1 Å². The third kappa shape index (κ3) is 3.16. The Balaban J connectivity index is 1.53. The summed E-state index contributed by atoms with van der Waals surface area (Å²) in [6.45, 7) is 2.18. The van der Waals surface area contributed by atoms with Gasteiger partial charge >= 0.3 is 0 Å². The first-order valence-electron chi connectivity index (χ1n) is 8.97. The molecule has 2 aromatic rings. The van der Waals surface area contributed by atoms with Gasteiger partial charge in [0.2, 0.25) is 0 Å². The third-order valence-electron chi connectivity index (χ3n) is 5.41. The van der Waals surface area contributed by atoms with E-state index in [-0.39, 0.29) is 17.2 Å². The lowest BCUT2D eigenvalue weighted by molar-refractivity contribution is 0.208. The van der Waals surface area contributed by atoms with E-state index in [2.05, 4.69) is 15.0 Å². The smallest absolute Gasteiger partial charge is 0.267 e. The van der Waals surface area contributed by atoms with Gasteiger partial charge in [0, 0.05) is 31.4 Å². The molecule has 3 heterocycles. The number of hydrogen-bond acceptors (Lipinski definition) is 5. The largest absolute Gasteiger partial charge is 0.299 e. The summed E-state index contributed by atoms with van der Waals surface area (Å²) in [5.74, 6) is 0.758. The van der Waals surface area contributed by atoms with E-state index >= 15 is 0 Å². The first-order valence-corrected chi connectivity index (χ1v) is 8.97. The summed E-state index contributed by atoms with van der Waals surface area (Å²) in [6, 6.07) is 3.48. The van der Waals surface area contributed by atoms with Crippen LogP contribution in [0.1, 0.15) is 36.3 Å². The predicted molar refractivity (Wildman–Crippen MR) is 93.4 cm³/mol. The predicted octanol–water partition coefficient (Wildman–Crippen LogP) is 0.490. The van der Waals surface area contributed by atoms with Gasteiger partial charge in [0.25, 0.3) is 11.1 Å². The SMILES string of the molecule is Cn1c(CN2CCCC2Cn2nc3c(cc2=O)CCC3)nccc1=O. The quantitative estimate of drug-likeness (QED) is 0.809. The van der Waals surface area contributed by atoms with Crippen LogP contribution >= 0.6 is 0 Å². The number of nitrogens with zero attached hydrogens (tertiary/aromatic N) is 5. The first kappa shape index (κ1) is 16.2. The number of aromatic nitrogens is 4. The van der Waals surface area contributed by atoms with Gasteiger partial charge in [0.1, 0.15) is 5.82 Å². The molecular weight excluding hydrogens is 318 g/mol. The Labute approximate surface area is 145 Å². The molecule has 25 heavy (non-hydrogen) atoms. The summed E-state index contributed by atoms with van der Waals surface area (Å²) in [7, 11) is 1.75. The summed E-state index contributed by atoms with van der Waals surface area (Å²) in [4.78, 5) is 30.8. The molecule has 7 nitrogen and oxygen atoms in total. The van der Waals surface area contributed by atoms with Gasteiger partial charge in [0.15, 0.2) is 0 Å². The van der Waals surface area contributed by atoms with Gasteiger partial charge in [-0.1, -0.05) is 0 Å². The van der Waals surface area contributed by atoms with Crippen molar-refractivity contribution in [1.29, 1.82) is 0 Å². The van der Waals surface area contributed by atoms with Gasteiger partial charge < -0.3 is 0 Å². The number of likely N-dealkylation sites (tertiary alicyclic amines) is 1. The molecule has 1 aliphatic heterocycles. The van der Waals surface area contributed by atoms with E-state index in [9.17, 15) is 9.59 Å². The average molecular weight is 341 g/mol. The second-order valence-corrected chi connectivity index (χ2v) is 7.02. The third-order valence-corrected chi connectivity index (χ3v) is 5.41. The van der Waals surface area contributed by atoms with Crippen LogP contribution in [0.25, 0.3) is 0 Å². The lowest BCUT2D eigenvalue weighted by Gasteiger charge is -2.25. The maximum Gasteiger partial charge on any atom is 0.267 e. The minimum atomic E-state index is -0.0442. The van der Waals surface area contributed by atoms with Crippen LogP contribution < -0.4 is 11.1 Å². The van der Waals surface area contributed by atoms with E-state index in [4.69, 9.17) is 0 Å². The van der Waals surface area contributed by atoms with Crippen molar-refractivity contribution in [2.45, 2.75) is 51.2 Å². The minimum Gasteiger partial charge on any atom is -0.299 e. The van der Waals surface area contributed by atoms with Crippen molar-refractivity contribution in [2.75, 3.05) is 6.54 Å². The molecule has 7 heteroatoms. The Hall–Kier alpha value is -2.28. The monoisotopic (exact) mass is 341 g/mol. The fraction of sp³-hybridized carbons (Fsp3) is 0.556. The Morgan fingerprint density at radius 2 is 2.08 bits per heavy atom. The molecule has 2 aliphatic rings. The van der Waals surface area contributed by atoms with Gasteiger partial charge in [-0.2, -0.15) is 5.10 Å². The normalized spacial score (nSPS) is 20.1. The summed E-state index contributed by atoms with van der Waals surface area (Å²) in [6.07, 6.45) is 6.73. The Morgan fingerprint density at radius 1 is 1.20 bits per heavy atom. The molecule has 1 saturated heterocycles. The molecule has 0 spiro atoms. The molecule has 0 aromatic carbocycles. The van der Waals surface area contributed by atoms with Crippen LogP contribution in [0.5, 0.6) is 0 Å². The highest BCUT2D eigenvalue weighted by molar-refractivity contribution is 5.22. The average Bonchev–Trinajstić information content (AvgIpc) is 3.21. The zero-order chi connectivity index (χ0) is 17.4. The molecule has 0 bridgehead atoms. The summed E-state index contributed by atoms with van der Waals surface area (Å²) >= 11 is 0.